The Morgan fingerprint density at radius 2 is 1.18 bits per heavy atom. The maximum Gasteiger partial charge on any atom is 0.326 e. The van der Waals surface area contributed by atoms with Gasteiger partial charge in [-0.15, -0.1) is 0 Å². The summed E-state index contributed by atoms with van der Waals surface area (Å²) in [6, 6.07) is -5.02. The topological polar surface area (TPSA) is 304 Å². The Bertz CT molecular complexity index is 806. The van der Waals surface area contributed by atoms with Gasteiger partial charge in [0.1, 0.15) is 18.1 Å². The molecule has 0 saturated carbocycles. The van der Waals surface area contributed by atoms with Gasteiger partial charge in [-0.2, -0.15) is 0 Å². The Labute approximate surface area is 221 Å². The summed E-state index contributed by atoms with van der Waals surface area (Å²) in [6.07, 6.45) is 2.06. The van der Waals surface area contributed by atoms with Crippen molar-refractivity contribution in [1.82, 2.24) is 16.0 Å². The second kappa shape index (κ2) is 19.6. The number of nitrogens with zero attached hydrogens (tertiary/aromatic N) is 1. The van der Waals surface area contributed by atoms with Crippen LogP contribution in [-0.4, -0.2) is 89.6 Å². The van der Waals surface area contributed by atoms with Gasteiger partial charge in [0, 0.05) is 6.54 Å². The molecule has 0 rings (SSSR count). The molecule has 0 aromatic heterocycles. The number of carboxylic acid groups (broad SMARTS) is 2. The number of aliphatic imine (C=N–C) groups is 1. The highest BCUT2D eigenvalue weighted by Gasteiger charge is 2.31. The molecule has 38 heavy (non-hydrogen) atoms. The first-order chi connectivity index (χ1) is 17.9. The smallest absolute Gasteiger partial charge is 0.326 e. The fourth-order valence-electron chi connectivity index (χ4n) is 3.37. The second-order valence-electron chi connectivity index (χ2n) is 8.74. The van der Waals surface area contributed by atoms with Crippen molar-refractivity contribution in [3.8, 4) is 0 Å². The number of aliphatic carboxylic acids is 2. The minimum absolute atomic E-state index is 0.00413. The molecule has 0 radical (unpaired) electrons. The standard InChI is InChI=1S/C22H43N9O7/c23-9-3-1-6-13(25)18(34)31-16(12-17(32)33)20(36)29-14(8-5-11-28-22(26)27)19(35)30-15(21(37)38)7-2-4-10-24/h13-16H,1-12,23-25H2,(H,29,36)(H,30,35)(H,31,34)(H,32,33)(H,37,38)(H4,26,27,28). The molecule has 0 aromatic rings. The average Bonchev–Trinajstić information content (AvgIpc) is 2.84. The third-order valence-corrected chi connectivity index (χ3v) is 5.46. The van der Waals surface area contributed by atoms with E-state index in [1.54, 1.807) is 0 Å². The van der Waals surface area contributed by atoms with Crippen molar-refractivity contribution in [3.63, 3.8) is 0 Å². The van der Waals surface area contributed by atoms with Gasteiger partial charge in [0.05, 0.1) is 12.5 Å². The highest BCUT2D eigenvalue weighted by atomic mass is 16.4. The van der Waals surface area contributed by atoms with E-state index in [0.717, 1.165) is 0 Å². The number of carboxylic acids is 2. The zero-order valence-corrected chi connectivity index (χ0v) is 21.6. The molecule has 0 aliphatic carbocycles. The Morgan fingerprint density at radius 1 is 0.684 bits per heavy atom. The Hall–Kier alpha value is -3.50. The van der Waals surface area contributed by atoms with Crippen LogP contribution in [0.4, 0.5) is 0 Å². The lowest BCUT2D eigenvalue weighted by Crippen LogP contribution is -2.57. The lowest BCUT2D eigenvalue weighted by atomic mass is 10.1. The van der Waals surface area contributed by atoms with E-state index in [4.69, 9.17) is 28.7 Å². The van der Waals surface area contributed by atoms with E-state index in [1.165, 1.54) is 0 Å². The van der Waals surface area contributed by atoms with E-state index in [0.29, 0.717) is 38.8 Å². The van der Waals surface area contributed by atoms with Gasteiger partial charge in [0.15, 0.2) is 5.96 Å². The third kappa shape index (κ3) is 15.6. The van der Waals surface area contributed by atoms with Gasteiger partial charge >= 0.3 is 11.9 Å². The number of unbranched alkanes of at least 4 members (excludes halogenated alkanes) is 2. The van der Waals surface area contributed by atoms with Crippen LogP contribution in [0.15, 0.2) is 4.99 Å². The largest absolute Gasteiger partial charge is 0.481 e. The van der Waals surface area contributed by atoms with Gasteiger partial charge in [0.25, 0.3) is 0 Å². The highest BCUT2D eigenvalue weighted by Crippen LogP contribution is 2.06. The molecule has 16 heteroatoms. The zero-order chi connectivity index (χ0) is 29.1. The summed E-state index contributed by atoms with van der Waals surface area (Å²) in [5.74, 6) is -5.30. The van der Waals surface area contributed by atoms with Crippen LogP contribution in [0.2, 0.25) is 0 Å². The molecule has 0 aliphatic heterocycles. The molecule has 4 unspecified atom stereocenters. The number of nitrogens with two attached hydrogens (primary N) is 5. The van der Waals surface area contributed by atoms with Crippen molar-refractivity contribution in [2.45, 2.75) is 82.0 Å². The van der Waals surface area contributed by atoms with Gasteiger partial charge in [-0.1, -0.05) is 6.42 Å². The molecule has 0 fully saturated rings. The molecule has 3 amide bonds. The summed E-state index contributed by atoms with van der Waals surface area (Å²) < 4.78 is 0. The SMILES string of the molecule is NCCCCC(N)C(=O)NC(CC(=O)O)C(=O)NC(CCCN=C(N)N)C(=O)NC(CCCCN)C(=O)O. The van der Waals surface area contributed by atoms with Crippen LogP contribution in [0.3, 0.4) is 0 Å². The fraction of sp³-hybridized carbons (Fsp3) is 0.727. The fourth-order valence-corrected chi connectivity index (χ4v) is 3.37. The van der Waals surface area contributed by atoms with Crippen molar-refractivity contribution >= 4 is 35.6 Å². The molecule has 0 heterocycles. The maximum absolute atomic E-state index is 13.0. The van der Waals surface area contributed by atoms with Crippen LogP contribution in [0.5, 0.6) is 0 Å². The van der Waals surface area contributed by atoms with Gasteiger partial charge in [-0.25, -0.2) is 4.79 Å². The molecular formula is C22H43N9O7. The molecule has 0 saturated heterocycles. The van der Waals surface area contributed by atoms with Gasteiger partial charge < -0.3 is 54.8 Å². The predicted molar refractivity (Wildman–Crippen MR) is 139 cm³/mol. The number of nitrogens with one attached hydrogen (secondary N) is 3. The molecule has 218 valence electrons. The van der Waals surface area contributed by atoms with Crippen molar-refractivity contribution in [2.75, 3.05) is 19.6 Å². The lowest BCUT2D eigenvalue weighted by Gasteiger charge is -2.24. The van der Waals surface area contributed by atoms with E-state index in [2.05, 4.69) is 20.9 Å². The van der Waals surface area contributed by atoms with Crippen LogP contribution in [0.25, 0.3) is 0 Å². The van der Waals surface area contributed by atoms with Crippen LogP contribution >= 0.6 is 0 Å². The first-order valence-corrected chi connectivity index (χ1v) is 12.5. The quantitative estimate of drug-likeness (QED) is 0.0384. The molecular weight excluding hydrogens is 502 g/mol. The summed E-state index contributed by atoms with van der Waals surface area (Å²) in [7, 11) is 0. The summed E-state index contributed by atoms with van der Waals surface area (Å²) in [6.45, 7) is 0.895. The Morgan fingerprint density at radius 3 is 1.71 bits per heavy atom. The minimum atomic E-state index is -1.53. The van der Waals surface area contributed by atoms with Crippen LogP contribution in [-0.2, 0) is 24.0 Å². The number of carbonyl (C=O) groups is 5. The van der Waals surface area contributed by atoms with E-state index >= 15 is 0 Å². The number of hydrogen-bond donors (Lipinski definition) is 10. The molecule has 0 aliphatic rings. The second-order valence-corrected chi connectivity index (χ2v) is 8.74. The Balaban J connectivity index is 5.57. The molecule has 0 bridgehead atoms. The van der Waals surface area contributed by atoms with Crippen molar-refractivity contribution in [2.24, 2.45) is 33.7 Å². The summed E-state index contributed by atoms with van der Waals surface area (Å²) >= 11 is 0. The number of hydrogen-bond acceptors (Lipinski definition) is 9. The van der Waals surface area contributed by atoms with E-state index in [-0.39, 0.29) is 38.2 Å². The first kappa shape index (κ1) is 34.5. The van der Waals surface area contributed by atoms with Crippen LogP contribution < -0.4 is 44.6 Å². The van der Waals surface area contributed by atoms with Crippen LogP contribution in [0, 0.1) is 0 Å². The van der Waals surface area contributed by atoms with Gasteiger partial charge in [-0.05, 0) is 58.0 Å². The molecule has 0 aromatic carbocycles. The summed E-state index contributed by atoms with van der Waals surface area (Å²) in [5.41, 5.74) is 27.3. The van der Waals surface area contributed by atoms with Crippen molar-refractivity contribution < 1.29 is 34.2 Å². The first-order valence-electron chi connectivity index (χ1n) is 12.5. The minimum Gasteiger partial charge on any atom is -0.481 e. The predicted octanol–water partition coefficient (Wildman–Crippen LogP) is -3.36. The maximum atomic E-state index is 13.0. The molecule has 15 N–H and O–H groups in total. The number of amides is 3. The lowest BCUT2D eigenvalue weighted by molar-refractivity contribution is -0.143. The van der Waals surface area contributed by atoms with E-state index in [1.807, 2.05) is 0 Å². The van der Waals surface area contributed by atoms with E-state index < -0.39 is 60.2 Å². The number of guanidine groups is 1. The summed E-state index contributed by atoms with van der Waals surface area (Å²) in [4.78, 5) is 65.1. The average molecular weight is 546 g/mol. The Kier molecular flexibility index (Phi) is 17.8. The summed E-state index contributed by atoms with van der Waals surface area (Å²) in [5, 5.41) is 25.8. The number of rotatable bonds is 21. The molecule has 0 spiro atoms. The van der Waals surface area contributed by atoms with Gasteiger partial charge in [-0.3, -0.25) is 24.2 Å². The van der Waals surface area contributed by atoms with Crippen molar-refractivity contribution in [1.29, 1.82) is 0 Å². The number of carbonyl (C=O) groups excluding carboxylic acids is 3. The monoisotopic (exact) mass is 545 g/mol. The third-order valence-electron chi connectivity index (χ3n) is 5.46. The molecule has 4 atom stereocenters. The zero-order valence-electron chi connectivity index (χ0n) is 21.6. The van der Waals surface area contributed by atoms with Crippen molar-refractivity contribution in [3.05, 3.63) is 0 Å². The normalized spacial score (nSPS) is 13.9. The highest BCUT2D eigenvalue weighted by molar-refractivity contribution is 5.95. The van der Waals surface area contributed by atoms with E-state index in [9.17, 15) is 34.2 Å². The van der Waals surface area contributed by atoms with Gasteiger partial charge in [0.2, 0.25) is 17.7 Å². The van der Waals surface area contributed by atoms with Crippen LogP contribution in [0.1, 0.15) is 57.8 Å². The molecule has 16 nitrogen and oxygen atoms in total.